The van der Waals surface area contributed by atoms with Crippen molar-refractivity contribution in [2.45, 2.75) is 26.3 Å². The number of carbonyl (C=O) groups excluding carboxylic acids is 2. The molecule has 0 heterocycles. The summed E-state index contributed by atoms with van der Waals surface area (Å²) in [6, 6.07) is 15.0. The van der Waals surface area contributed by atoms with Crippen molar-refractivity contribution < 1.29 is 14.3 Å². The van der Waals surface area contributed by atoms with Crippen LogP contribution in [0.1, 0.15) is 35.7 Å². The van der Waals surface area contributed by atoms with Crippen molar-refractivity contribution in [1.82, 2.24) is 5.32 Å². The highest BCUT2D eigenvalue weighted by molar-refractivity contribution is 5.98. The largest absolute Gasteiger partial charge is 0.494 e. The van der Waals surface area contributed by atoms with E-state index >= 15 is 0 Å². The average molecular weight is 354 g/mol. The van der Waals surface area contributed by atoms with Crippen LogP contribution in [-0.2, 0) is 11.3 Å². The Bertz CT molecular complexity index is 722. The van der Waals surface area contributed by atoms with Gasteiger partial charge in [0, 0.05) is 44.7 Å². The molecule has 1 N–H and O–H groups in total. The van der Waals surface area contributed by atoms with Gasteiger partial charge in [-0.15, -0.1) is 0 Å². The first-order valence-corrected chi connectivity index (χ1v) is 8.78. The van der Waals surface area contributed by atoms with Crippen LogP contribution < -0.4 is 15.0 Å². The first-order chi connectivity index (χ1) is 12.5. The van der Waals surface area contributed by atoms with Crippen molar-refractivity contribution in [3.63, 3.8) is 0 Å². The molecule has 138 valence electrons. The quantitative estimate of drug-likeness (QED) is 0.701. The predicted molar refractivity (Wildman–Crippen MR) is 104 cm³/mol. The molecule has 2 aromatic rings. The summed E-state index contributed by atoms with van der Waals surface area (Å²) in [7, 11) is 3.97. The highest BCUT2D eigenvalue weighted by atomic mass is 16.5. The Labute approximate surface area is 155 Å². The van der Waals surface area contributed by atoms with E-state index in [1.165, 1.54) is 0 Å². The third kappa shape index (κ3) is 5.92. The first-order valence-electron chi connectivity index (χ1n) is 8.78. The Kier molecular flexibility index (Phi) is 7.21. The van der Waals surface area contributed by atoms with Crippen molar-refractivity contribution in [3.05, 3.63) is 59.7 Å². The van der Waals surface area contributed by atoms with Gasteiger partial charge < -0.3 is 15.0 Å². The van der Waals surface area contributed by atoms with Crippen molar-refractivity contribution in [3.8, 4) is 5.75 Å². The SMILES string of the molecule is CCOc1ccc(C(=O)CCC(=O)NCc2ccc(N(C)C)cc2)cc1. The van der Waals surface area contributed by atoms with Gasteiger partial charge in [-0.2, -0.15) is 0 Å². The van der Waals surface area contributed by atoms with Crippen molar-refractivity contribution in [1.29, 1.82) is 0 Å². The molecule has 0 saturated heterocycles. The lowest BCUT2D eigenvalue weighted by molar-refractivity contribution is -0.121. The van der Waals surface area contributed by atoms with E-state index in [1.54, 1.807) is 24.3 Å². The lowest BCUT2D eigenvalue weighted by atomic mass is 10.1. The number of nitrogens with zero attached hydrogens (tertiary/aromatic N) is 1. The smallest absolute Gasteiger partial charge is 0.220 e. The molecule has 5 heteroatoms. The van der Waals surface area contributed by atoms with Gasteiger partial charge in [0.25, 0.3) is 0 Å². The second-order valence-electron chi connectivity index (χ2n) is 6.22. The van der Waals surface area contributed by atoms with Crippen LogP contribution in [0.3, 0.4) is 0 Å². The lowest BCUT2D eigenvalue weighted by Crippen LogP contribution is -2.23. The first kappa shape index (κ1) is 19.5. The summed E-state index contributed by atoms with van der Waals surface area (Å²) in [5.41, 5.74) is 2.74. The van der Waals surface area contributed by atoms with Crippen LogP contribution in [0.5, 0.6) is 5.75 Å². The predicted octanol–water partition coefficient (Wildman–Crippen LogP) is 3.43. The van der Waals surface area contributed by atoms with Gasteiger partial charge in [0.1, 0.15) is 5.75 Å². The minimum absolute atomic E-state index is 0.0430. The van der Waals surface area contributed by atoms with E-state index in [0.29, 0.717) is 18.7 Å². The van der Waals surface area contributed by atoms with Gasteiger partial charge in [-0.1, -0.05) is 12.1 Å². The van der Waals surface area contributed by atoms with Crippen LogP contribution in [0.25, 0.3) is 0 Å². The van der Waals surface area contributed by atoms with Gasteiger partial charge >= 0.3 is 0 Å². The molecule has 0 unspecified atom stereocenters. The number of nitrogens with one attached hydrogen (secondary N) is 1. The topological polar surface area (TPSA) is 58.6 Å². The van der Waals surface area contributed by atoms with E-state index in [4.69, 9.17) is 4.74 Å². The summed E-state index contributed by atoms with van der Waals surface area (Å²) in [5, 5.41) is 2.86. The minimum Gasteiger partial charge on any atom is -0.494 e. The Balaban J connectivity index is 1.76. The summed E-state index contributed by atoms with van der Waals surface area (Å²) in [6.45, 7) is 2.96. The van der Waals surface area contributed by atoms with Crippen LogP contribution in [-0.4, -0.2) is 32.4 Å². The molecule has 2 aromatic carbocycles. The maximum absolute atomic E-state index is 12.2. The summed E-state index contributed by atoms with van der Waals surface area (Å²) >= 11 is 0. The van der Waals surface area contributed by atoms with Crippen LogP contribution in [0.4, 0.5) is 5.69 Å². The van der Waals surface area contributed by atoms with Crippen LogP contribution in [0, 0.1) is 0 Å². The number of hydrogen-bond acceptors (Lipinski definition) is 4. The molecule has 1 amide bonds. The molecule has 0 bridgehead atoms. The van der Waals surface area contributed by atoms with Crippen molar-refractivity contribution in [2.24, 2.45) is 0 Å². The number of Topliss-reactive ketones (excluding diaryl/α,β-unsaturated/α-hetero) is 1. The van der Waals surface area contributed by atoms with Crippen LogP contribution in [0.15, 0.2) is 48.5 Å². The lowest BCUT2D eigenvalue weighted by Gasteiger charge is -2.13. The number of anilines is 1. The minimum atomic E-state index is -0.124. The highest BCUT2D eigenvalue weighted by Crippen LogP contribution is 2.14. The molecule has 0 saturated carbocycles. The Morgan fingerprint density at radius 2 is 1.62 bits per heavy atom. The molecule has 0 fully saturated rings. The summed E-state index contributed by atoms with van der Waals surface area (Å²) in [5.74, 6) is 0.571. The maximum atomic E-state index is 12.2. The normalized spacial score (nSPS) is 10.3. The number of ketones is 1. The van der Waals surface area contributed by atoms with Gasteiger partial charge in [-0.3, -0.25) is 9.59 Å². The van der Waals surface area contributed by atoms with Crippen molar-refractivity contribution >= 4 is 17.4 Å². The Morgan fingerprint density at radius 1 is 0.962 bits per heavy atom. The van der Waals surface area contributed by atoms with Gasteiger partial charge in [-0.25, -0.2) is 0 Å². The monoisotopic (exact) mass is 354 g/mol. The van der Waals surface area contributed by atoms with E-state index in [9.17, 15) is 9.59 Å². The van der Waals surface area contributed by atoms with Gasteiger partial charge in [0.05, 0.1) is 6.61 Å². The number of benzene rings is 2. The summed E-state index contributed by atoms with van der Waals surface area (Å²) < 4.78 is 5.36. The molecule has 2 rings (SSSR count). The second-order valence-corrected chi connectivity index (χ2v) is 6.22. The molecule has 0 aliphatic rings. The second kappa shape index (κ2) is 9.61. The molecule has 0 aromatic heterocycles. The Hall–Kier alpha value is -2.82. The zero-order valence-corrected chi connectivity index (χ0v) is 15.6. The summed E-state index contributed by atoms with van der Waals surface area (Å²) in [4.78, 5) is 26.2. The van der Waals surface area contributed by atoms with E-state index < -0.39 is 0 Å². The molecule has 0 radical (unpaired) electrons. The number of amides is 1. The molecular formula is C21H26N2O3. The molecule has 0 aliphatic heterocycles. The third-order valence-corrected chi connectivity index (χ3v) is 4.01. The molecule has 0 spiro atoms. The fourth-order valence-corrected chi connectivity index (χ4v) is 2.48. The van der Waals surface area contributed by atoms with Crippen LogP contribution in [0.2, 0.25) is 0 Å². The fraction of sp³-hybridized carbons (Fsp3) is 0.333. The van der Waals surface area contributed by atoms with Gasteiger partial charge in [0.15, 0.2) is 5.78 Å². The van der Waals surface area contributed by atoms with Gasteiger partial charge in [-0.05, 0) is 48.9 Å². The number of carbonyl (C=O) groups is 2. The van der Waals surface area contributed by atoms with E-state index in [-0.39, 0.29) is 24.5 Å². The number of rotatable bonds is 9. The zero-order valence-electron chi connectivity index (χ0n) is 15.6. The standard InChI is InChI=1S/C21H26N2O3/c1-4-26-19-11-7-17(8-12-19)20(24)13-14-21(25)22-15-16-5-9-18(10-6-16)23(2)3/h5-12H,4,13-15H2,1-3H3,(H,22,25). The fourth-order valence-electron chi connectivity index (χ4n) is 2.48. The number of hydrogen-bond donors (Lipinski definition) is 1. The molecule has 5 nitrogen and oxygen atoms in total. The van der Waals surface area contributed by atoms with E-state index in [2.05, 4.69) is 5.32 Å². The molecular weight excluding hydrogens is 328 g/mol. The van der Waals surface area contributed by atoms with Crippen molar-refractivity contribution in [2.75, 3.05) is 25.6 Å². The van der Waals surface area contributed by atoms with E-state index in [1.807, 2.05) is 50.2 Å². The maximum Gasteiger partial charge on any atom is 0.220 e. The van der Waals surface area contributed by atoms with Gasteiger partial charge in [0.2, 0.25) is 5.91 Å². The molecule has 0 atom stereocenters. The highest BCUT2D eigenvalue weighted by Gasteiger charge is 2.09. The van der Waals surface area contributed by atoms with E-state index in [0.717, 1.165) is 17.0 Å². The number of ether oxygens (including phenoxy) is 1. The molecule has 26 heavy (non-hydrogen) atoms. The zero-order chi connectivity index (χ0) is 18.9. The average Bonchev–Trinajstić information content (AvgIpc) is 2.65. The summed E-state index contributed by atoms with van der Waals surface area (Å²) in [6.07, 6.45) is 0.376. The Morgan fingerprint density at radius 3 is 2.19 bits per heavy atom. The third-order valence-electron chi connectivity index (χ3n) is 4.01. The molecule has 0 aliphatic carbocycles. The van der Waals surface area contributed by atoms with Crippen LogP contribution >= 0.6 is 0 Å².